The van der Waals surface area contributed by atoms with Gasteiger partial charge in [-0.25, -0.2) is 0 Å². The number of hydrogen-bond acceptors (Lipinski definition) is 3. The lowest BCUT2D eigenvalue weighted by atomic mass is 10.1. The van der Waals surface area contributed by atoms with Crippen LogP contribution < -0.4 is 4.90 Å². The molecule has 1 aromatic heterocycles. The Labute approximate surface area is 118 Å². The van der Waals surface area contributed by atoms with Gasteiger partial charge in [-0.2, -0.15) is 0 Å². The first kappa shape index (κ1) is 14.1. The van der Waals surface area contributed by atoms with Crippen molar-refractivity contribution in [2.24, 2.45) is 0 Å². The van der Waals surface area contributed by atoms with E-state index < -0.39 is 0 Å². The Bertz CT molecular complexity index is 545. The molecule has 2 rings (SSSR count). The summed E-state index contributed by atoms with van der Waals surface area (Å²) >= 11 is 5.99. The molecule has 4 heteroatoms. The molecular formula is C15H19ClN2O. The number of nitrogens with zero attached hydrogens (tertiary/aromatic N) is 2. The third-order valence-corrected chi connectivity index (χ3v) is 3.48. The van der Waals surface area contributed by atoms with Crippen LogP contribution in [0.5, 0.6) is 0 Å². The number of unbranched alkanes of at least 4 members (excludes halogenated alkanes) is 2. The van der Waals surface area contributed by atoms with E-state index >= 15 is 0 Å². The van der Waals surface area contributed by atoms with Crippen molar-refractivity contribution in [3.8, 4) is 0 Å². The number of pyridine rings is 1. The van der Waals surface area contributed by atoms with E-state index in [4.69, 9.17) is 16.7 Å². The predicted molar refractivity (Wildman–Crippen MR) is 81.0 cm³/mol. The smallest absolute Gasteiger partial charge is 0.0737 e. The van der Waals surface area contributed by atoms with Crippen molar-refractivity contribution >= 4 is 28.2 Å². The van der Waals surface area contributed by atoms with Crippen LogP contribution in [0.2, 0.25) is 5.02 Å². The van der Waals surface area contributed by atoms with Crippen molar-refractivity contribution in [1.82, 2.24) is 4.98 Å². The lowest BCUT2D eigenvalue weighted by molar-refractivity contribution is 0.283. The predicted octanol–water partition coefficient (Wildman–Crippen LogP) is 3.49. The molecule has 0 bridgehead atoms. The largest absolute Gasteiger partial charge is 0.396 e. The van der Waals surface area contributed by atoms with Gasteiger partial charge in [0, 0.05) is 42.5 Å². The molecule has 0 unspecified atom stereocenters. The van der Waals surface area contributed by atoms with Gasteiger partial charge >= 0.3 is 0 Å². The zero-order valence-corrected chi connectivity index (χ0v) is 11.9. The van der Waals surface area contributed by atoms with Gasteiger partial charge in [-0.15, -0.1) is 0 Å². The number of aliphatic hydroxyl groups excluding tert-OH is 1. The second-order valence-electron chi connectivity index (χ2n) is 4.70. The first-order chi connectivity index (χ1) is 9.22. The Hall–Kier alpha value is -1.32. The lowest BCUT2D eigenvalue weighted by Gasteiger charge is -2.20. The van der Waals surface area contributed by atoms with Crippen LogP contribution in [0.3, 0.4) is 0 Å². The number of fused-ring (bicyclic) bond motifs is 1. The highest BCUT2D eigenvalue weighted by atomic mass is 35.5. The Balaban J connectivity index is 2.15. The van der Waals surface area contributed by atoms with Crippen molar-refractivity contribution < 1.29 is 5.11 Å². The Morgan fingerprint density at radius 2 is 2.05 bits per heavy atom. The molecule has 0 atom stereocenters. The molecule has 2 aromatic rings. The van der Waals surface area contributed by atoms with Crippen LogP contribution in [0.15, 0.2) is 30.5 Å². The quantitative estimate of drug-likeness (QED) is 0.822. The summed E-state index contributed by atoms with van der Waals surface area (Å²) in [5, 5.41) is 10.6. The summed E-state index contributed by atoms with van der Waals surface area (Å²) in [6.07, 6.45) is 4.82. The van der Waals surface area contributed by atoms with Gasteiger partial charge in [0.1, 0.15) is 0 Å². The number of halogens is 1. The van der Waals surface area contributed by atoms with Gasteiger partial charge < -0.3 is 10.0 Å². The summed E-state index contributed by atoms with van der Waals surface area (Å²) in [5.41, 5.74) is 2.10. The molecule has 19 heavy (non-hydrogen) atoms. The van der Waals surface area contributed by atoms with Crippen LogP contribution in [0.25, 0.3) is 10.9 Å². The standard InChI is InChI=1S/C15H19ClN2O/c1-18(9-3-2-4-10-19)15-7-8-17-14-11-12(16)5-6-13(14)15/h5-8,11,19H,2-4,9-10H2,1H3. The number of anilines is 1. The fraction of sp³-hybridized carbons (Fsp3) is 0.400. The topological polar surface area (TPSA) is 36.4 Å². The molecule has 3 nitrogen and oxygen atoms in total. The zero-order valence-electron chi connectivity index (χ0n) is 11.1. The van der Waals surface area contributed by atoms with E-state index in [0.29, 0.717) is 5.02 Å². The maximum Gasteiger partial charge on any atom is 0.0737 e. The number of aromatic nitrogens is 1. The van der Waals surface area contributed by atoms with E-state index in [1.807, 2.05) is 30.5 Å². The number of hydrogen-bond donors (Lipinski definition) is 1. The number of aliphatic hydroxyl groups is 1. The van der Waals surface area contributed by atoms with Gasteiger partial charge in [0.25, 0.3) is 0 Å². The van der Waals surface area contributed by atoms with Gasteiger partial charge in [-0.1, -0.05) is 11.6 Å². The minimum Gasteiger partial charge on any atom is -0.396 e. The number of rotatable bonds is 6. The average molecular weight is 279 g/mol. The van der Waals surface area contributed by atoms with E-state index in [2.05, 4.69) is 16.9 Å². The van der Waals surface area contributed by atoms with Crippen LogP contribution in [0.4, 0.5) is 5.69 Å². The van der Waals surface area contributed by atoms with Crippen molar-refractivity contribution in [3.63, 3.8) is 0 Å². The van der Waals surface area contributed by atoms with Crippen LogP contribution in [-0.2, 0) is 0 Å². The van der Waals surface area contributed by atoms with Gasteiger partial charge in [0.2, 0.25) is 0 Å². The molecule has 1 N–H and O–H groups in total. The van der Waals surface area contributed by atoms with Crippen LogP contribution >= 0.6 is 11.6 Å². The molecule has 0 radical (unpaired) electrons. The van der Waals surface area contributed by atoms with Crippen molar-refractivity contribution in [3.05, 3.63) is 35.5 Å². The van der Waals surface area contributed by atoms with E-state index in [-0.39, 0.29) is 6.61 Å². The molecule has 1 heterocycles. The van der Waals surface area contributed by atoms with Gasteiger partial charge in [0.15, 0.2) is 0 Å². The van der Waals surface area contributed by atoms with Crippen LogP contribution in [-0.4, -0.2) is 30.3 Å². The third kappa shape index (κ3) is 3.58. The molecule has 0 spiro atoms. The SMILES string of the molecule is CN(CCCCCO)c1ccnc2cc(Cl)ccc12. The Kier molecular flexibility index (Phi) is 5.00. The minimum absolute atomic E-state index is 0.278. The van der Waals surface area contributed by atoms with E-state index in [0.717, 1.165) is 36.7 Å². The molecular weight excluding hydrogens is 260 g/mol. The highest BCUT2D eigenvalue weighted by Gasteiger charge is 2.06. The van der Waals surface area contributed by atoms with Crippen LogP contribution in [0.1, 0.15) is 19.3 Å². The van der Waals surface area contributed by atoms with Crippen molar-refractivity contribution in [1.29, 1.82) is 0 Å². The minimum atomic E-state index is 0.278. The second-order valence-corrected chi connectivity index (χ2v) is 5.13. The normalized spacial score (nSPS) is 10.9. The van der Waals surface area contributed by atoms with Crippen LogP contribution in [0, 0.1) is 0 Å². The zero-order chi connectivity index (χ0) is 13.7. The molecule has 0 aliphatic carbocycles. The molecule has 0 saturated carbocycles. The third-order valence-electron chi connectivity index (χ3n) is 3.24. The number of benzene rings is 1. The molecule has 0 aliphatic heterocycles. The van der Waals surface area contributed by atoms with E-state index in [9.17, 15) is 0 Å². The van der Waals surface area contributed by atoms with Crippen molar-refractivity contribution in [2.45, 2.75) is 19.3 Å². The second kappa shape index (κ2) is 6.73. The summed E-state index contributed by atoms with van der Waals surface area (Å²) in [5.74, 6) is 0. The highest BCUT2D eigenvalue weighted by molar-refractivity contribution is 6.31. The summed E-state index contributed by atoms with van der Waals surface area (Å²) in [4.78, 5) is 6.58. The molecule has 0 aliphatic rings. The first-order valence-electron chi connectivity index (χ1n) is 6.58. The van der Waals surface area contributed by atoms with Gasteiger partial charge in [-0.05, 0) is 43.5 Å². The lowest BCUT2D eigenvalue weighted by Crippen LogP contribution is -2.18. The molecule has 0 fully saturated rings. The summed E-state index contributed by atoms with van der Waals surface area (Å²) < 4.78 is 0. The molecule has 0 saturated heterocycles. The summed E-state index contributed by atoms with van der Waals surface area (Å²) in [6.45, 7) is 1.25. The molecule has 102 valence electrons. The average Bonchev–Trinajstić information content (AvgIpc) is 2.42. The fourth-order valence-corrected chi connectivity index (χ4v) is 2.36. The van der Waals surface area contributed by atoms with Gasteiger partial charge in [-0.3, -0.25) is 4.98 Å². The van der Waals surface area contributed by atoms with Gasteiger partial charge in [0.05, 0.1) is 5.52 Å². The Morgan fingerprint density at radius 1 is 1.21 bits per heavy atom. The van der Waals surface area contributed by atoms with E-state index in [1.165, 1.54) is 5.69 Å². The highest BCUT2D eigenvalue weighted by Crippen LogP contribution is 2.26. The Morgan fingerprint density at radius 3 is 2.84 bits per heavy atom. The first-order valence-corrected chi connectivity index (χ1v) is 6.96. The monoisotopic (exact) mass is 278 g/mol. The van der Waals surface area contributed by atoms with Crippen molar-refractivity contribution in [2.75, 3.05) is 25.1 Å². The fourth-order valence-electron chi connectivity index (χ4n) is 2.20. The maximum atomic E-state index is 8.78. The summed E-state index contributed by atoms with van der Waals surface area (Å²) in [6, 6.07) is 7.83. The molecule has 1 aromatic carbocycles. The maximum absolute atomic E-state index is 8.78. The summed E-state index contributed by atoms with van der Waals surface area (Å²) in [7, 11) is 2.09. The molecule has 0 amide bonds. The van der Waals surface area contributed by atoms with E-state index in [1.54, 1.807) is 0 Å².